The first-order valence-corrected chi connectivity index (χ1v) is 9.19. The van der Waals surface area contributed by atoms with Crippen molar-refractivity contribution in [3.63, 3.8) is 0 Å². The third kappa shape index (κ3) is 6.20. The van der Waals surface area contributed by atoms with E-state index in [1.54, 1.807) is 18.0 Å². The van der Waals surface area contributed by atoms with Crippen LogP contribution < -0.4 is 5.43 Å². The minimum absolute atomic E-state index is 0.0300. The fourth-order valence-electron chi connectivity index (χ4n) is 2.58. The number of benzene rings is 1. The van der Waals surface area contributed by atoms with Gasteiger partial charge in [0.2, 0.25) is 0 Å². The Labute approximate surface area is 137 Å². The van der Waals surface area contributed by atoms with E-state index in [0.717, 1.165) is 18.7 Å². The summed E-state index contributed by atoms with van der Waals surface area (Å²) in [4.78, 5) is 15.4. The maximum Gasteiger partial charge on any atom is 0.254 e. The van der Waals surface area contributed by atoms with Crippen LogP contribution in [0, 0.1) is 0 Å². The summed E-state index contributed by atoms with van der Waals surface area (Å²) in [6.45, 7) is 2.49. The number of hydrogen-bond donors (Lipinski definition) is 1. The molecular formula is C17H25N3OS. The summed E-state index contributed by atoms with van der Waals surface area (Å²) in [5, 5.41) is 4.05. The predicted octanol–water partition coefficient (Wildman–Crippen LogP) is 3.12. The van der Waals surface area contributed by atoms with Crippen molar-refractivity contribution >= 4 is 23.9 Å². The minimum Gasteiger partial charge on any atom is -0.294 e. The Kier molecular flexibility index (Phi) is 7.46. The number of nitrogens with zero attached hydrogens (tertiary/aromatic N) is 2. The molecular weight excluding hydrogens is 294 g/mol. The van der Waals surface area contributed by atoms with Gasteiger partial charge in [0.25, 0.3) is 5.91 Å². The van der Waals surface area contributed by atoms with E-state index in [-0.39, 0.29) is 5.91 Å². The highest BCUT2D eigenvalue weighted by atomic mass is 32.2. The standard InChI is InChI=1S/C17H25N3OS/c1-22-16-9-7-15(8-10-16)13-18-19-17(21)14-20-11-5-3-2-4-6-12-20/h7-10,13H,2-6,11-12,14H2,1H3,(H,19,21)/b18-13-. The van der Waals surface area contributed by atoms with Crippen molar-refractivity contribution in [1.82, 2.24) is 10.3 Å². The molecule has 22 heavy (non-hydrogen) atoms. The van der Waals surface area contributed by atoms with Crippen molar-refractivity contribution in [2.45, 2.75) is 37.0 Å². The van der Waals surface area contributed by atoms with Crippen LogP contribution in [0.3, 0.4) is 0 Å². The fraction of sp³-hybridized carbons (Fsp3) is 0.529. The van der Waals surface area contributed by atoms with Gasteiger partial charge in [-0.15, -0.1) is 11.8 Å². The zero-order chi connectivity index (χ0) is 15.6. The second-order valence-electron chi connectivity index (χ2n) is 5.61. The molecule has 0 aromatic heterocycles. The highest BCUT2D eigenvalue weighted by molar-refractivity contribution is 7.98. The van der Waals surface area contributed by atoms with Crippen LogP contribution in [0.5, 0.6) is 0 Å². The van der Waals surface area contributed by atoms with Gasteiger partial charge in [-0.2, -0.15) is 5.10 Å². The van der Waals surface area contributed by atoms with Crippen LogP contribution in [-0.2, 0) is 4.79 Å². The lowest BCUT2D eigenvalue weighted by Crippen LogP contribution is -2.37. The monoisotopic (exact) mass is 319 g/mol. The molecule has 1 N–H and O–H groups in total. The zero-order valence-corrected chi connectivity index (χ0v) is 14.1. The van der Waals surface area contributed by atoms with Crippen LogP contribution in [-0.4, -0.2) is 42.9 Å². The van der Waals surface area contributed by atoms with Gasteiger partial charge in [0.15, 0.2) is 0 Å². The number of carbonyl (C=O) groups is 1. The molecule has 1 aromatic rings. The summed E-state index contributed by atoms with van der Waals surface area (Å²) in [6, 6.07) is 8.10. The van der Waals surface area contributed by atoms with E-state index in [1.807, 2.05) is 30.5 Å². The predicted molar refractivity (Wildman–Crippen MR) is 93.5 cm³/mol. The molecule has 120 valence electrons. The number of rotatable bonds is 5. The van der Waals surface area contributed by atoms with Crippen LogP contribution in [0.2, 0.25) is 0 Å². The normalized spacial score (nSPS) is 17.1. The van der Waals surface area contributed by atoms with Gasteiger partial charge in [0.05, 0.1) is 12.8 Å². The molecule has 0 bridgehead atoms. The van der Waals surface area contributed by atoms with Gasteiger partial charge >= 0.3 is 0 Å². The van der Waals surface area contributed by atoms with Crippen LogP contribution in [0.1, 0.15) is 37.7 Å². The van der Waals surface area contributed by atoms with Gasteiger partial charge < -0.3 is 0 Å². The maximum atomic E-state index is 11.9. The third-order valence-electron chi connectivity index (χ3n) is 3.83. The van der Waals surface area contributed by atoms with Gasteiger partial charge in [-0.25, -0.2) is 5.43 Å². The Hall–Kier alpha value is -1.33. The number of hydrazone groups is 1. The lowest BCUT2D eigenvalue weighted by Gasteiger charge is -2.23. The van der Waals surface area contributed by atoms with Gasteiger partial charge in [-0.3, -0.25) is 9.69 Å². The molecule has 1 amide bonds. The van der Waals surface area contributed by atoms with Crippen molar-refractivity contribution in [2.75, 3.05) is 25.9 Å². The molecule has 0 spiro atoms. The summed E-state index contributed by atoms with van der Waals surface area (Å²) in [5.74, 6) is -0.0300. The fourth-order valence-corrected chi connectivity index (χ4v) is 2.99. The van der Waals surface area contributed by atoms with Crippen molar-refractivity contribution in [1.29, 1.82) is 0 Å². The number of carbonyl (C=O) groups excluding carboxylic acids is 1. The average Bonchev–Trinajstić information content (AvgIpc) is 2.50. The Morgan fingerprint density at radius 1 is 1.18 bits per heavy atom. The second-order valence-corrected chi connectivity index (χ2v) is 6.49. The lowest BCUT2D eigenvalue weighted by molar-refractivity contribution is -0.122. The molecule has 1 heterocycles. The van der Waals surface area contributed by atoms with E-state index >= 15 is 0 Å². The smallest absolute Gasteiger partial charge is 0.254 e. The molecule has 1 aromatic carbocycles. The average molecular weight is 319 g/mol. The van der Waals surface area contributed by atoms with Crippen LogP contribution in [0.4, 0.5) is 0 Å². The Balaban J connectivity index is 1.74. The minimum atomic E-state index is -0.0300. The van der Waals surface area contributed by atoms with Gasteiger partial charge in [-0.1, -0.05) is 31.4 Å². The first kappa shape index (κ1) is 17.0. The van der Waals surface area contributed by atoms with Gasteiger partial charge in [0, 0.05) is 4.90 Å². The third-order valence-corrected chi connectivity index (χ3v) is 4.58. The maximum absolute atomic E-state index is 11.9. The molecule has 0 saturated carbocycles. The molecule has 5 heteroatoms. The molecule has 1 saturated heterocycles. The number of nitrogens with one attached hydrogen (secondary N) is 1. The topological polar surface area (TPSA) is 44.7 Å². The van der Waals surface area contributed by atoms with Gasteiger partial charge in [-0.05, 0) is 49.9 Å². The number of thioether (sulfide) groups is 1. The van der Waals surface area contributed by atoms with Crippen LogP contribution >= 0.6 is 11.8 Å². The van der Waals surface area contributed by atoms with E-state index in [4.69, 9.17) is 0 Å². The Morgan fingerprint density at radius 2 is 1.82 bits per heavy atom. The van der Waals surface area contributed by atoms with E-state index in [2.05, 4.69) is 15.4 Å². The molecule has 0 aliphatic carbocycles. The summed E-state index contributed by atoms with van der Waals surface area (Å²) < 4.78 is 0. The SMILES string of the molecule is CSc1ccc(/C=N\NC(=O)CN2CCCCCCC2)cc1. The van der Waals surface area contributed by atoms with Crippen molar-refractivity contribution in [3.8, 4) is 0 Å². The summed E-state index contributed by atoms with van der Waals surface area (Å²) >= 11 is 1.71. The first-order chi connectivity index (χ1) is 10.8. The zero-order valence-electron chi connectivity index (χ0n) is 13.3. The Bertz CT molecular complexity index is 479. The summed E-state index contributed by atoms with van der Waals surface area (Å²) in [7, 11) is 0. The van der Waals surface area contributed by atoms with E-state index in [9.17, 15) is 4.79 Å². The van der Waals surface area contributed by atoms with E-state index in [1.165, 1.54) is 37.0 Å². The number of likely N-dealkylation sites (tertiary alicyclic amines) is 1. The van der Waals surface area contributed by atoms with Crippen LogP contribution in [0.25, 0.3) is 0 Å². The largest absolute Gasteiger partial charge is 0.294 e. The molecule has 1 aliphatic heterocycles. The quantitative estimate of drug-likeness (QED) is 0.515. The molecule has 0 radical (unpaired) electrons. The number of hydrogen-bond acceptors (Lipinski definition) is 4. The van der Waals surface area contributed by atoms with Crippen molar-refractivity contribution in [2.24, 2.45) is 5.10 Å². The Morgan fingerprint density at radius 3 is 2.45 bits per heavy atom. The first-order valence-electron chi connectivity index (χ1n) is 7.96. The molecule has 1 aliphatic rings. The van der Waals surface area contributed by atoms with Gasteiger partial charge in [0.1, 0.15) is 0 Å². The molecule has 4 nitrogen and oxygen atoms in total. The highest BCUT2D eigenvalue weighted by Crippen LogP contribution is 2.14. The molecule has 0 atom stereocenters. The van der Waals surface area contributed by atoms with Crippen molar-refractivity contribution < 1.29 is 4.79 Å². The molecule has 2 rings (SSSR count). The molecule has 1 fully saturated rings. The second kappa shape index (κ2) is 9.64. The van der Waals surface area contributed by atoms with Crippen LogP contribution in [0.15, 0.2) is 34.3 Å². The van der Waals surface area contributed by atoms with E-state index in [0.29, 0.717) is 6.54 Å². The highest BCUT2D eigenvalue weighted by Gasteiger charge is 2.11. The lowest BCUT2D eigenvalue weighted by atomic mass is 10.1. The molecule has 0 unspecified atom stereocenters. The van der Waals surface area contributed by atoms with E-state index < -0.39 is 0 Å². The summed E-state index contributed by atoms with van der Waals surface area (Å²) in [6.07, 6.45) is 10.0. The number of amides is 1. The van der Waals surface area contributed by atoms with Crippen molar-refractivity contribution in [3.05, 3.63) is 29.8 Å². The summed E-state index contributed by atoms with van der Waals surface area (Å²) in [5.41, 5.74) is 3.62.